The first kappa shape index (κ1) is 15.8. The lowest BCUT2D eigenvalue weighted by Gasteiger charge is -2.27. The van der Waals surface area contributed by atoms with Crippen LogP contribution in [0.5, 0.6) is 0 Å². The van der Waals surface area contributed by atoms with E-state index in [1.807, 2.05) is 0 Å². The first-order valence-electron chi connectivity index (χ1n) is 5.76. The van der Waals surface area contributed by atoms with E-state index < -0.39 is 33.9 Å². The summed E-state index contributed by atoms with van der Waals surface area (Å²) in [6.07, 6.45) is -4.61. The summed E-state index contributed by atoms with van der Waals surface area (Å²) in [5.41, 5.74) is -5.20. The van der Waals surface area contributed by atoms with Crippen molar-refractivity contribution in [3.63, 3.8) is 0 Å². The number of nitrogens with zero attached hydrogens (tertiary/aromatic N) is 1. The van der Waals surface area contributed by atoms with E-state index in [-0.39, 0.29) is 10.9 Å². The molecule has 0 unspecified atom stereocenters. The Morgan fingerprint density at radius 2 is 2.05 bits per heavy atom. The standard InChI is InChI=1S/C12H9F3N2O5/c1-22-10(18)11(19,12(13,14)15)8-5-16-9-3-2-6(17(20)21)4-7(8)9/h2-5,16,19H,1H3/t11-/m0/s1. The van der Waals surface area contributed by atoms with E-state index in [1.54, 1.807) is 0 Å². The zero-order chi connectivity index (χ0) is 16.7. The van der Waals surface area contributed by atoms with Gasteiger partial charge in [0, 0.05) is 34.8 Å². The minimum Gasteiger partial charge on any atom is -0.466 e. The zero-order valence-electron chi connectivity index (χ0n) is 11.0. The van der Waals surface area contributed by atoms with Gasteiger partial charge < -0.3 is 14.8 Å². The number of benzene rings is 1. The van der Waals surface area contributed by atoms with Crippen molar-refractivity contribution in [2.45, 2.75) is 11.8 Å². The maximum Gasteiger partial charge on any atom is 0.432 e. The molecule has 1 aromatic heterocycles. The number of ether oxygens (including phenoxy) is 1. The fraction of sp³-hybridized carbons (Fsp3) is 0.250. The molecule has 2 N–H and O–H groups in total. The van der Waals surface area contributed by atoms with Crippen LogP contribution in [0.1, 0.15) is 5.56 Å². The second kappa shape index (κ2) is 4.98. The van der Waals surface area contributed by atoms with Crippen molar-refractivity contribution in [1.82, 2.24) is 4.98 Å². The highest BCUT2D eigenvalue weighted by Crippen LogP contribution is 2.43. The molecule has 1 heterocycles. The Kier molecular flexibility index (Phi) is 3.57. The highest BCUT2D eigenvalue weighted by molar-refractivity contribution is 5.93. The van der Waals surface area contributed by atoms with Crippen LogP contribution in [0.3, 0.4) is 0 Å². The van der Waals surface area contributed by atoms with Gasteiger partial charge in [0.2, 0.25) is 0 Å². The van der Waals surface area contributed by atoms with Crippen molar-refractivity contribution < 1.29 is 32.7 Å². The molecule has 0 saturated heterocycles. The van der Waals surface area contributed by atoms with Gasteiger partial charge in [0.25, 0.3) is 11.3 Å². The van der Waals surface area contributed by atoms with Crippen molar-refractivity contribution >= 4 is 22.6 Å². The third-order valence-electron chi connectivity index (χ3n) is 3.16. The minimum absolute atomic E-state index is 0.0900. The van der Waals surface area contributed by atoms with E-state index in [0.29, 0.717) is 7.11 Å². The van der Waals surface area contributed by atoms with Crippen LogP contribution in [0, 0.1) is 10.1 Å². The van der Waals surface area contributed by atoms with Gasteiger partial charge >= 0.3 is 12.1 Å². The number of nitro benzene ring substituents is 1. The predicted octanol–water partition coefficient (Wildman–Crippen LogP) is 2.00. The summed E-state index contributed by atoms with van der Waals surface area (Å²) in [7, 11) is 0.691. The molecule has 1 aromatic carbocycles. The third-order valence-corrected chi connectivity index (χ3v) is 3.16. The lowest BCUT2D eigenvalue weighted by molar-refractivity contribution is -0.384. The van der Waals surface area contributed by atoms with Crippen LogP contribution in [-0.2, 0) is 15.1 Å². The summed E-state index contributed by atoms with van der Waals surface area (Å²) in [5.74, 6) is -1.94. The summed E-state index contributed by atoms with van der Waals surface area (Å²) >= 11 is 0. The Hall–Kier alpha value is -2.62. The lowest BCUT2D eigenvalue weighted by atomic mass is 9.92. The van der Waals surface area contributed by atoms with Crippen molar-refractivity contribution in [2.75, 3.05) is 7.11 Å². The topological polar surface area (TPSA) is 105 Å². The Labute approximate surface area is 120 Å². The van der Waals surface area contributed by atoms with Gasteiger partial charge in [0.1, 0.15) is 0 Å². The summed E-state index contributed by atoms with van der Waals surface area (Å²) in [6, 6.07) is 3.08. The first-order valence-corrected chi connectivity index (χ1v) is 5.76. The summed E-state index contributed by atoms with van der Waals surface area (Å²) in [5, 5.41) is 20.3. The molecule has 0 fully saturated rings. The number of fused-ring (bicyclic) bond motifs is 1. The molecule has 7 nitrogen and oxygen atoms in total. The van der Waals surface area contributed by atoms with Gasteiger partial charge in [-0.2, -0.15) is 13.2 Å². The second-order valence-corrected chi connectivity index (χ2v) is 4.39. The van der Waals surface area contributed by atoms with Gasteiger partial charge in [-0.3, -0.25) is 10.1 Å². The van der Waals surface area contributed by atoms with Crippen LogP contribution in [0.15, 0.2) is 24.4 Å². The van der Waals surface area contributed by atoms with Crippen LogP contribution in [-0.4, -0.2) is 34.3 Å². The number of aliphatic hydroxyl groups is 1. The number of carbonyl (C=O) groups is 1. The van der Waals surface area contributed by atoms with Gasteiger partial charge in [0.05, 0.1) is 12.0 Å². The maximum atomic E-state index is 13.2. The summed E-state index contributed by atoms with van der Waals surface area (Å²) in [4.78, 5) is 23.9. The van der Waals surface area contributed by atoms with E-state index in [1.165, 1.54) is 6.07 Å². The molecule has 0 bridgehead atoms. The normalized spacial score (nSPS) is 14.6. The number of nitro groups is 1. The number of alkyl halides is 3. The van der Waals surface area contributed by atoms with E-state index in [9.17, 15) is 33.2 Å². The highest BCUT2D eigenvalue weighted by Gasteiger charge is 2.63. The fourth-order valence-corrected chi connectivity index (χ4v) is 2.05. The number of carbonyl (C=O) groups excluding carboxylic acids is 1. The molecule has 22 heavy (non-hydrogen) atoms. The average molecular weight is 318 g/mol. The molecule has 118 valence electrons. The van der Waals surface area contributed by atoms with Gasteiger partial charge in [-0.05, 0) is 6.07 Å². The Morgan fingerprint density at radius 1 is 1.41 bits per heavy atom. The summed E-state index contributed by atoms with van der Waals surface area (Å²) < 4.78 is 43.6. The SMILES string of the molecule is COC(=O)[C@@](O)(c1c[nH]c2ccc([N+](=O)[O-])cc12)C(F)(F)F. The molecule has 0 spiro atoms. The highest BCUT2D eigenvalue weighted by atomic mass is 19.4. The number of methoxy groups -OCH3 is 1. The number of halogens is 3. The molecule has 0 saturated carbocycles. The molecule has 2 rings (SSSR count). The Balaban J connectivity index is 2.77. The van der Waals surface area contributed by atoms with Crippen LogP contribution < -0.4 is 0 Å². The number of hydrogen-bond donors (Lipinski definition) is 2. The Bertz CT molecular complexity index is 755. The van der Waals surface area contributed by atoms with E-state index in [0.717, 1.165) is 18.3 Å². The maximum absolute atomic E-state index is 13.2. The minimum atomic E-state index is -5.38. The molecular formula is C12H9F3N2O5. The number of aromatic nitrogens is 1. The fourth-order valence-electron chi connectivity index (χ4n) is 2.05. The molecular weight excluding hydrogens is 309 g/mol. The van der Waals surface area contributed by atoms with E-state index in [4.69, 9.17) is 0 Å². The lowest BCUT2D eigenvalue weighted by Crippen LogP contribution is -2.49. The molecule has 0 aliphatic rings. The second-order valence-electron chi connectivity index (χ2n) is 4.39. The van der Waals surface area contributed by atoms with E-state index >= 15 is 0 Å². The quantitative estimate of drug-likeness (QED) is 0.511. The molecule has 0 radical (unpaired) electrons. The Morgan fingerprint density at radius 3 is 2.55 bits per heavy atom. The van der Waals surface area contributed by atoms with Gasteiger partial charge in [-0.1, -0.05) is 0 Å². The van der Waals surface area contributed by atoms with Crippen molar-refractivity contribution in [3.05, 3.63) is 40.1 Å². The largest absolute Gasteiger partial charge is 0.466 e. The molecule has 0 aliphatic carbocycles. The first-order chi connectivity index (χ1) is 10.1. The van der Waals surface area contributed by atoms with Crippen LogP contribution in [0.25, 0.3) is 10.9 Å². The predicted molar refractivity (Wildman–Crippen MR) is 66.9 cm³/mol. The van der Waals surface area contributed by atoms with Crippen molar-refractivity contribution in [3.8, 4) is 0 Å². The van der Waals surface area contributed by atoms with Crippen molar-refractivity contribution in [1.29, 1.82) is 0 Å². The van der Waals surface area contributed by atoms with Crippen LogP contribution >= 0.6 is 0 Å². The monoisotopic (exact) mass is 318 g/mol. The van der Waals surface area contributed by atoms with Gasteiger partial charge in [0.15, 0.2) is 0 Å². The third kappa shape index (κ3) is 2.17. The van der Waals surface area contributed by atoms with Crippen LogP contribution in [0.2, 0.25) is 0 Å². The smallest absolute Gasteiger partial charge is 0.432 e. The summed E-state index contributed by atoms with van der Waals surface area (Å²) in [6.45, 7) is 0. The van der Waals surface area contributed by atoms with Crippen molar-refractivity contribution in [2.24, 2.45) is 0 Å². The number of aromatic amines is 1. The number of nitrogens with one attached hydrogen (secondary N) is 1. The average Bonchev–Trinajstić information content (AvgIpc) is 2.87. The molecule has 10 heteroatoms. The number of rotatable bonds is 3. The van der Waals surface area contributed by atoms with Gasteiger partial charge in [-0.15, -0.1) is 0 Å². The molecule has 0 amide bonds. The van der Waals surface area contributed by atoms with E-state index in [2.05, 4.69) is 9.72 Å². The van der Waals surface area contributed by atoms with Gasteiger partial charge in [-0.25, -0.2) is 4.79 Å². The molecule has 0 aliphatic heterocycles. The van der Waals surface area contributed by atoms with Crippen LogP contribution in [0.4, 0.5) is 18.9 Å². The zero-order valence-corrected chi connectivity index (χ0v) is 11.0. The number of non-ortho nitro benzene ring substituents is 1. The molecule has 2 aromatic rings. The number of H-pyrrole nitrogens is 1. The molecule has 1 atom stereocenters. The number of esters is 1. The number of hydrogen-bond acceptors (Lipinski definition) is 5.